The minimum Gasteiger partial charge on any atom is -0.351 e. The summed E-state index contributed by atoms with van der Waals surface area (Å²) in [5.74, 6) is 1.32. The molecule has 1 saturated carbocycles. The SMILES string of the molecule is O=C(NCCCC1CCCCC1)c1csc(-c2ncccn2)n1. The first kappa shape index (κ1) is 16.1. The zero-order chi connectivity index (χ0) is 15.9. The van der Waals surface area contributed by atoms with Gasteiger partial charge < -0.3 is 5.32 Å². The molecular weight excluding hydrogens is 308 g/mol. The highest BCUT2D eigenvalue weighted by molar-refractivity contribution is 7.13. The van der Waals surface area contributed by atoms with Crippen LogP contribution in [0.3, 0.4) is 0 Å². The number of rotatable bonds is 6. The van der Waals surface area contributed by atoms with Crippen molar-refractivity contribution in [3.05, 3.63) is 29.5 Å². The van der Waals surface area contributed by atoms with E-state index in [4.69, 9.17) is 0 Å². The molecule has 0 unspecified atom stereocenters. The number of nitrogens with zero attached hydrogens (tertiary/aromatic N) is 3. The van der Waals surface area contributed by atoms with Crippen LogP contribution >= 0.6 is 11.3 Å². The summed E-state index contributed by atoms with van der Waals surface area (Å²) in [4.78, 5) is 24.8. The van der Waals surface area contributed by atoms with Crippen LogP contribution in [0.2, 0.25) is 0 Å². The normalized spacial score (nSPS) is 15.5. The zero-order valence-electron chi connectivity index (χ0n) is 13.2. The third-order valence-electron chi connectivity index (χ3n) is 4.29. The van der Waals surface area contributed by atoms with Gasteiger partial charge in [-0.1, -0.05) is 32.1 Å². The van der Waals surface area contributed by atoms with Crippen molar-refractivity contribution in [3.63, 3.8) is 0 Å². The van der Waals surface area contributed by atoms with Crippen molar-refractivity contribution in [1.29, 1.82) is 0 Å². The number of hydrogen-bond donors (Lipinski definition) is 1. The van der Waals surface area contributed by atoms with Crippen molar-refractivity contribution in [3.8, 4) is 10.8 Å². The Balaban J connectivity index is 1.44. The molecule has 0 spiro atoms. The third-order valence-corrected chi connectivity index (χ3v) is 5.13. The van der Waals surface area contributed by atoms with Crippen molar-refractivity contribution in [2.75, 3.05) is 6.54 Å². The molecule has 3 rings (SSSR count). The highest BCUT2D eigenvalue weighted by Gasteiger charge is 2.14. The van der Waals surface area contributed by atoms with Crippen LogP contribution in [0.1, 0.15) is 55.4 Å². The van der Waals surface area contributed by atoms with E-state index in [9.17, 15) is 4.79 Å². The molecule has 1 fully saturated rings. The van der Waals surface area contributed by atoms with Crippen LogP contribution in [0.5, 0.6) is 0 Å². The third kappa shape index (κ3) is 4.58. The Bertz CT molecular complexity index is 623. The van der Waals surface area contributed by atoms with E-state index in [-0.39, 0.29) is 5.91 Å². The molecule has 6 heteroatoms. The fraction of sp³-hybridized carbons (Fsp3) is 0.529. The van der Waals surface area contributed by atoms with E-state index in [2.05, 4.69) is 20.3 Å². The van der Waals surface area contributed by atoms with Crippen LogP contribution in [-0.4, -0.2) is 27.4 Å². The molecular formula is C17H22N4OS. The lowest BCUT2D eigenvalue weighted by atomic mass is 9.86. The molecule has 2 heterocycles. The molecule has 0 atom stereocenters. The first-order valence-corrected chi connectivity index (χ1v) is 9.22. The van der Waals surface area contributed by atoms with Gasteiger partial charge in [0, 0.05) is 24.3 Å². The summed E-state index contributed by atoms with van der Waals surface area (Å²) < 4.78 is 0. The van der Waals surface area contributed by atoms with Gasteiger partial charge in [0.25, 0.3) is 5.91 Å². The number of amides is 1. The minimum absolute atomic E-state index is 0.105. The minimum atomic E-state index is -0.105. The molecule has 1 amide bonds. The second-order valence-electron chi connectivity index (χ2n) is 6.01. The molecule has 0 bridgehead atoms. The van der Waals surface area contributed by atoms with Gasteiger partial charge in [0.15, 0.2) is 10.8 Å². The maximum atomic E-state index is 12.1. The highest BCUT2D eigenvalue weighted by atomic mass is 32.1. The average molecular weight is 330 g/mol. The van der Waals surface area contributed by atoms with Crippen molar-refractivity contribution in [2.45, 2.75) is 44.9 Å². The van der Waals surface area contributed by atoms with E-state index >= 15 is 0 Å². The summed E-state index contributed by atoms with van der Waals surface area (Å²) in [5.41, 5.74) is 0.454. The molecule has 0 saturated heterocycles. The van der Waals surface area contributed by atoms with E-state index < -0.39 is 0 Å². The number of hydrogen-bond acceptors (Lipinski definition) is 5. The van der Waals surface area contributed by atoms with E-state index in [0.717, 1.165) is 18.9 Å². The van der Waals surface area contributed by atoms with Gasteiger partial charge in [0.05, 0.1) is 0 Å². The summed E-state index contributed by atoms with van der Waals surface area (Å²) in [5, 5.41) is 5.41. The Kier molecular flexibility index (Phi) is 5.69. The Morgan fingerprint density at radius 3 is 2.78 bits per heavy atom. The Morgan fingerprint density at radius 2 is 2.00 bits per heavy atom. The number of carbonyl (C=O) groups excluding carboxylic acids is 1. The van der Waals surface area contributed by atoms with Gasteiger partial charge in [-0.05, 0) is 24.8 Å². The van der Waals surface area contributed by atoms with Crippen LogP contribution < -0.4 is 5.32 Å². The molecule has 1 aliphatic carbocycles. The average Bonchev–Trinajstić information content (AvgIpc) is 3.10. The number of aromatic nitrogens is 3. The van der Waals surface area contributed by atoms with Gasteiger partial charge in [-0.3, -0.25) is 4.79 Å². The molecule has 23 heavy (non-hydrogen) atoms. The summed E-state index contributed by atoms with van der Waals surface area (Å²) in [6, 6.07) is 1.76. The van der Waals surface area contributed by atoms with Gasteiger partial charge in [0.1, 0.15) is 5.69 Å². The molecule has 2 aromatic rings. The summed E-state index contributed by atoms with van der Waals surface area (Å²) >= 11 is 1.40. The van der Waals surface area contributed by atoms with E-state index in [1.54, 1.807) is 23.8 Å². The number of carbonyl (C=O) groups is 1. The number of nitrogens with one attached hydrogen (secondary N) is 1. The van der Waals surface area contributed by atoms with Crippen molar-refractivity contribution in [2.24, 2.45) is 5.92 Å². The molecule has 0 aromatic carbocycles. The molecule has 122 valence electrons. The standard InChI is InChI=1S/C17H22N4OS/c22-16(20-9-4-8-13-6-2-1-3-7-13)14-12-23-17(21-14)15-18-10-5-11-19-15/h5,10-13H,1-4,6-9H2,(H,20,22). The monoisotopic (exact) mass is 330 g/mol. The maximum Gasteiger partial charge on any atom is 0.270 e. The fourth-order valence-electron chi connectivity index (χ4n) is 3.05. The van der Waals surface area contributed by atoms with Crippen LogP contribution in [0.15, 0.2) is 23.8 Å². The van der Waals surface area contributed by atoms with Crippen LogP contribution in [0.25, 0.3) is 10.8 Å². The maximum absolute atomic E-state index is 12.1. The molecule has 5 nitrogen and oxygen atoms in total. The Morgan fingerprint density at radius 1 is 1.22 bits per heavy atom. The van der Waals surface area contributed by atoms with Crippen molar-refractivity contribution >= 4 is 17.2 Å². The van der Waals surface area contributed by atoms with Crippen LogP contribution in [0, 0.1) is 5.92 Å². The predicted octanol–water partition coefficient (Wildman–Crippen LogP) is 3.69. The summed E-state index contributed by atoms with van der Waals surface area (Å²) in [6.45, 7) is 0.726. The van der Waals surface area contributed by atoms with Gasteiger partial charge in [-0.25, -0.2) is 15.0 Å². The van der Waals surface area contributed by atoms with E-state index in [1.807, 2.05) is 0 Å². The van der Waals surface area contributed by atoms with Crippen LogP contribution in [-0.2, 0) is 0 Å². The Labute approximate surface area is 140 Å². The van der Waals surface area contributed by atoms with Gasteiger partial charge >= 0.3 is 0 Å². The van der Waals surface area contributed by atoms with Crippen molar-refractivity contribution < 1.29 is 4.79 Å². The first-order chi connectivity index (χ1) is 11.3. The highest BCUT2D eigenvalue weighted by Crippen LogP contribution is 2.27. The summed E-state index contributed by atoms with van der Waals surface area (Å²) in [6.07, 6.45) is 12.5. The lowest BCUT2D eigenvalue weighted by Crippen LogP contribution is -2.25. The van der Waals surface area contributed by atoms with Crippen molar-refractivity contribution in [1.82, 2.24) is 20.3 Å². The number of thiazole rings is 1. The van der Waals surface area contributed by atoms with Gasteiger partial charge in [-0.15, -0.1) is 11.3 Å². The molecule has 0 aliphatic heterocycles. The Hall–Kier alpha value is -1.82. The molecule has 1 aliphatic rings. The molecule has 1 N–H and O–H groups in total. The van der Waals surface area contributed by atoms with Crippen LogP contribution in [0.4, 0.5) is 0 Å². The second-order valence-corrected chi connectivity index (χ2v) is 6.87. The molecule has 2 aromatic heterocycles. The molecule has 0 radical (unpaired) electrons. The summed E-state index contributed by atoms with van der Waals surface area (Å²) in [7, 11) is 0. The predicted molar refractivity (Wildman–Crippen MR) is 91.3 cm³/mol. The van der Waals surface area contributed by atoms with E-state index in [0.29, 0.717) is 16.5 Å². The zero-order valence-corrected chi connectivity index (χ0v) is 14.0. The second kappa shape index (κ2) is 8.15. The topological polar surface area (TPSA) is 67.8 Å². The van der Waals surface area contributed by atoms with E-state index in [1.165, 1.54) is 49.9 Å². The quantitative estimate of drug-likeness (QED) is 0.820. The smallest absolute Gasteiger partial charge is 0.270 e. The first-order valence-electron chi connectivity index (χ1n) is 8.34. The van der Waals surface area contributed by atoms with Gasteiger partial charge in [0.2, 0.25) is 0 Å². The largest absolute Gasteiger partial charge is 0.351 e. The fourth-order valence-corrected chi connectivity index (χ4v) is 3.79. The van der Waals surface area contributed by atoms with Gasteiger partial charge in [-0.2, -0.15) is 0 Å². The lowest BCUT2D eigenvalue weighted by molar-refractivity contribution is 0.0948. The lowest BCUT2D eigenvalue weighted by Gasteiger charge is -2.21.